The number of halogens is 1. The fraction of sp³-hybridized carbons (Fsp3) is 0.333. The highest BCUT2D eigenvalue weighted by atomic mass is 35.5. The molecule has 2 aromatic rings. The van der Waals surface area contributed by atoms with Crippen LogP contribution in [-0.4, -0.2) is 29.2 Å². The Morgan fingerprint density at radius 3 is 2.60 bits per heavy atom. The van der Waals surface area contributed by atoms with Gasteiger partial charge in [0.2, 0.25) is 5.95 Å². The number of ether oxygens (including phenoxy) is 1. The molecule has 1 aromatic carbocycles. The van der Waals surface area contributed by atoms with E-state index in [-0.39, 0.29) is 12.1 Å². The molecule has 104 valence electrons. The van der Waals surface area contributed by atoms with E-state index in [1.54, 1.807) is 12.4 Å². The van der Waals surface area contributed by atoms with Crippen LogP contribution in [0.1, 0.15) is 18.5 Å². The minimum atomic E-state index is 0.133. The molecule has 1 saturated heterocycles. The number of rotatable bonds is 2. The predicted molar refractivity (Wildman–Crippen MR) is 79.0 cm³/mol. The van der Waals surface area contributed by atoms with E-state index >= 15 is 0 Å². The van der Waals surface area contributed by atoms with Gasteiger partial charge in [0.15, 0.2) is 0 Å². The highest BCUT2D eigenvalue weighted by molar-refractivity contribution is 6.30. The number of morpholine rings is 1. The molecule has 2 atom stereocenters. The van der Waals surface area contributed by atoms with E-state index < -0.39 is 0 Å². The summed E-state index contributed by atoms with van der Waals surface area (Å²) in [6.07, 6.45) is 3.42. The van der Waals surface area contributed by atoms with Crippen LogP contribution in [0.5, 0.6) is 0 Å². The molecule has 3 rings (SSSR count). The molecule has 4 nitrogen and oxygen atoms in total. The standard InChI is InChI=1S/C15H16ClN3O/c1-11-9-19(15-17-7-13(16)8-18-15)14(10-20-11)12-5-3-2-4-6-12/h2-8,11,14H,9-10H2,1H3/t11-,14+/m0/s1. The second kappa shape index (κ2) is 5.77. The van der Waals surface area contributed by atoms with Crippen molar-refractivity contribution in [3.05, 3.63) is 53.3 Å². The van der Waals surface area contributed by atoms with Crippen molar-refractivity contribution in [1.82, 2.24) is 9.97 Å². The number of hydrogen-bond acceptors (Lipinski definition) is 4. The van der Waals surface area contributed by atoms with Crippen LogP contribution in [-0.2, 0) is 4.74 Å². The summed E-state index contributed by atoms with van der Waals surface area (Å²) in [5, 5.41) is 0.548. The molecular weight excluding hydrogens is 274 g/mol. The molecule has 1 aliphatic heterocycles. The topological polar surface area (TPSA) is 38.2 Å². The van der Waals surface area contributed by atoms with Crippen molar-refractivity contribution in [3.8, 4) is 0 Å². The molecule has 1 aliphatic rings. The Kier molecular flexibility index (Phi) is 3.85. The quantitative estimate of drug-likeness (QED) is 0.851. The first kappa shape index (κ1) is 13.3. The van der Waals surface area contributed by atoms with Crippen LogP contribution in [0, 0.1) is 0 Å². The minimum absolute atomic E-state index is 0.133. The number of anilines is 1. The molecule has 0 bridgehead atoms. The van der Waals surface area contributed by atoms with Gasteiger partial charge in [0, 0.05) is 6.54 Å². The third-order valence-corrected chi connectivity index (χ3v) is 3.61. The van der Waals surface area contributed by atoms with Crippen LogP contribution in [0.4, 0.5) is 5.95 Å². The van der Waals surface area contributed by atoms with Crippen LogP contribution in [0.25, 0.3) is 0 Å². The summed E-state index contributed by atoms with van der Waals surface area (Å²) in [5.74, 6) is 0.693. The summed E-state index contributed by atoms with van der Waals surface area (Å²) < 4.78 is 5.80. The SMILES string of the molecule is C[C@H]1CN(c2ncc(Cl)cn2)[C@@H](c2ccccc2)CO1. The number of benzene rings is 1. The van der Waals surface area contributed by atoms with Gasteiger partial charge < -0.3 is 9.64 Å². The highest BCUT2D eigenvalue weighted by Crippen LogP contribution is 2.29. The number of aromatic nitrogens is 2. The fourth-order valence-electron chi connectivity index (χ4n) is 2.43. The Morgan fingerprint density at radius 1 is 1.20 bits per heavy atom. The molecule has 5 heteroatoms. The Hall–Kier alpha value is -1.65. The lowest BCUT2D eigenvalue weighted by Crippen LogP contribution is -2.44. The molecule has 2 heterocycles. The van der Waals surface area contributed by atoms with Crippen molar-refractivity contribution < 1.29 is 4.74 Å². The lowest BCUT2D eigenvalue weighted by atomic mass is 10.0. The van der Waals surface area contributed by atoms with Crippen molar-refractivity contribution in [2.45, 2.75) is 19.1 Å². The van der Waals surface area contributed by atoms with Crippen LogP contribution >= 0.6 is 11.6 Å². The first-order valence-corrected chi connectivity index (χ1v) is 7.02. The monoisotopic (exact) mass is 289 g/mol. The average Bonchev–Trinajstić information content (AvgIpc) is 2.49. The normalized spacial score (nSPS) is 22.8. The smallest absolute Gasteiger partial charge is 0.226 e. The zero-order chi connectivity index (χ0) is 13.9. The number of hydrogen-bond donors (Lipinski definition) is 0. The van der Waals surface area contributed by atoms with Crippen LogP contribution < -0.4 is 4.90 Å². The van der Waals surface area contributed by atoms with E-state index in [2.05, 4.69) is 33.9 Å². The summed E-state index contributed by atoms with van der Waals surface area (Å²) in [7, 11) is 0. The van der Waals surface area contributed by atoms with E-state index in [9.17, 15) is 0 Å². The van der Waals surface area contributed by atoms with Crippen molar-refractivity contribution in [1.29, 1.82) is 0 Å². The van der Waals surface area contributed by atoms with E-state index in [4.69, 9.17) is 16.3 Å². The molecule has 0 N–H and O–H groups in total. The van der Waals surface area contributed by atoms with Gasteiger partial charge in [-0.25, -0.2) is 9.97 Å². The van der Waals surface area contributed by atoms with E-state index in [1.165, 1.54) is 5.56 Å². The van der Waals surface area contributed by atoms with Gasteiger partial charge in [-0.15, -0.1) is 0 Å². The molecule has 20 heavy (non-hydrogen) atoms. The lowest BCUT2D eigenvalue weighted by molar-refractivity contribution is 0.0296. The zero-order valence-electron chi connectivity index (χ0n) is 11.2. The Balaban J connectivity index is 1.93. The molecule has 1 aromatic heterocycles. The van der Waals surface area contributed by atoms with Crippen molar-refractivity contribution >= 4 is 17.5 Å². The van der Waals surface area contributed by atoms with Gasteiger partial charge in [-0.2, -0.15) is 0 Å². The Bertz CT molecular complexity index is 561. The van der Waals surface area contributed by atoms with Gasteiger partial charge >= 0.3 is 0 Å². The van der Waals surface area contributed by atoms with Gasteiger partial charge in [0.05, 0.1) is 36.2 Å². The van der Waals surface area contributed by atoms with E-state index in [1.807, 2.05) is 18.2 Å². The zero-order valence-corrected chi connectivity index (χ0v) is 12.0. The summed E-state index contributed by atoms with van der Waals surface area (Å²) >= 11 is 5.86. The minimum Gasteiger partial charge on any atom is -0.374 e. The molecule has 0 radical (unpaired) electrons. The van der Waals surface area contributed by atoms with Gasteiger partial charge in [-0.1, -0.05) is 41.9 Å². The lowest BCUT2D eigenvalue weighted by Gasteiger charge is -2.38. The molecule has 0 saturated carbocycles. The molecule has 0 spiro atoms. The van der Waals surface area contributed by atoms with Crippen LogP contribution in [0.2, 0.25) is 5.02 Å². The molecule has 0 amide bonds. The maximum absolute atomic E-state index is 5.86. The second-order valence-electron chi connectivity index (χ2n) is 4.92. The summed E-state index contributed by atoms with van der Waals surface area (Å²) in [6.45, 7) is 3.46. The fourth-order valence-corrected chi connectivity index (χ4v) is 2.53. The Morgan fingerprint density at radius 2 is 1.90 bits per heavy atom. The molecule has 1 fully saturated rings. The summed E-state index contributed by atoms with van der Waals surface area (Å²) in [4.78, 5) is 10.9. The third kappa shape index (κ3) is 2.76. The first-order valence-electron chi connectivity index (χ1n) is 6.65. The Labute approximate surface area is 123 Å². The van der Waals surface area contributed by atoms with Crippen molar-refractivity contribution in [2.24, 2.45) is 0 Å². The maximum atomic E-state index is 5.86. The van der Waals surface area contributed by atoms with Gasteiger partial charge in [0.1, 0.15) is 0 Å². The molecular formula is C15H16ClN3O. The van der Waals surface area contributed by atoms with Gasteiger partial charge in [-0.05, 0) is 12.5 Å². The van der Waals surface area contributed by atoms with Crippen molar-refractivity contribution in [2.75, 3.05) is 18.1 Å². The van der Waals surface area contributed by atoms with Gasteiger partial charge in [-0.3, -0.25) is 0 Å². The predicted octanol–water partition coefficient (Wildman–Crippen LogP) is 3.10. The summed E-state index contributed by atoms with van der Waals surface area (Å²) in [6, 6.07) is 10.4. The highest BCUT2D eigenvalue weighted by Gasteiger charge is 2.29. The molecule has 0 aliphatic carbocycles. The largest absolute Gasteiger partial charge is 0.374 e. The number of nitrogens with zero attached hydrogens (tertiary/aromatic N) is 3. The van der Waals surface area contributed by atoms with Crippen molar-refractivity contribution in [3.63, 3.8) is 0 Å². The van der Waals surface area contributed by atoms with E-state index in [0.29, 0.717) is 17.6 Å². The third-order valence-electron chi connectivity index (χ3n) is 3.42. The van der Waals surface area contributed by atoms with E-state index in [0.717, 1.165) is 6.54 Å². The first-order chi connectivity index (χ1) is 9.74. The maximum Gasteiger partial charge on any atom is 0.226 e. The second-order valence-corrected chi connectivity index (χ2v) is 5.36. The molecule has 0 unspecified atom stereocenters. The van der Waals surface area contributed by atoms with Crippen LogP contribution in [0.3, 0.4) is 0 Å². The van der Waals surface area contributed by atoms with Gasteiger partial charge in [0.25, 0.3) is 0 Å². The van der Waals surface area contributed by atoms with Crippen LogP contribution in [0.15, 0.2) is 42.7 Å². The summed E-state index contributed by atoms with van der Waals surface area (Å²) in [5.41, 5.74) is 1.21. The average molecular weight is 290 g/mol.